The van der Waals surface area contributed by atoms with E-state index in [9.17, 15) is 14.7 Å². The fourth-order valence-electron chi connectivity index (χ4n) is 1.37. The SMILES string of the molecule is CC(C)COC(=O)c1ccccc1C(O)C(=O)O. The van der Waals surface area contributed by atoms with Crippen LogP contribution in [0.4, 0.5) is 0 Å². The molecule has 0 bridgehead atoms. The zero-order valence-electron chi connectivity index (χ0n) is 10.3. The molecule has 1 rings (SSSR count). The van der Waals surface area contributed by atoms with Gasteiger partial charge in [-0.15, -0.1) is 0 Å². The van der Waals surface area contributed by atoms with E-state index in [1.54, 1.807) is 12.1 Å². The van der Waals surface area contributed by atoms with E-state index in [-0.39, 0.29) is 23.7 Å². The Kier molecular flexibility index (Phi) is 4.85. The van der Waals surface area contributed by atoms with Crippen LogP contribution in [-0.4, -0.2) is 28.8 Å². The summed E-state index contributed by atoms with van der Waals surface area (Å²) in [5.74, 6) is -1.84. The Morgan fingerprint density at radius 3 is 2.44 bits per heavy atom. The Bertz CT molecular complexity index is 439. The maximum Gasteiger partial charge on any atom is 0.338 e. The topological polar surface area (TPSA) is 83.8 Å². The highest BCUT2D eigenvalue weighted by Crippen LogP contribution is 2.19. The smallest absolute Gasteiger partial charge is 0.338 e. The van der Waals surface area contributed by atoms with Crippen LogP contribution < -0.4 is 0 Å². The molecule has 18 heavy (non-hydrogen) atoms. The van der Waals surface area contributed by atoms with Crippen LogP contribution in [0.3, 0.4) is 0 Å². The van der Waals surface area contributed by atoms with Crippen LogP contribution in [0.25, 0.3) is 0 Å². The average Bonchev–Trinajstić information content (AvgIpc) is 2.34. The van der Waals surface area contributed by atoms with Crippen LogP contribution >= 0.6 is 0 Å². The Labute approximate surface area is 105 Å². The van der Waals surface area contributed by atoms with Gasteiger partial charge in [0.2, 0.25) is 0 Å². The molecule has 1 unspecified atom stereocenters. The van der Waals surface area contributed by atoms with Gasteiger partial charge in [0.25, 0.3) is 0 Å². The van der Waals surface area contributed by atoms with Gasteiger partial charge in [0.05, 0.1) is 12.2 Å². The molecule has 0 aromatic heterocycles. The van der Waals surface area contributed by atoms with E-state index in [1.165, 1.54) is 12.1 Å². The van der Waals surface area contributed by atoms with Gasteiger partial charge in [-0.25, -0.2) is 9.59 Å². The molecule has 98 valence electrons. The number of aliphatic hydroxyl groups is 1. The maximum atomic E-state index is 11.8. The quantitative estimate of drug-likeness (QED) is 0.778. The molecule has 0 spiro atoms. The second kappa shape index (κ2) is 6.16. The molecule has 0 amide bonds. The van der Waals surface area contributed by atoms with Crippen LogP contribution in [0.15, 0.2) is 24.3 Å². The lowest BCUT2D eigenvalue weighted by atomic mass is 10.0. The molecule has 5 heteroatoms. The summed E-state index contributed by atoms with van der Waals surface area (Å²) in [6.07, 6.45) is -1.73. The van der Waals surface area contributed by atoms with Crippen molar-refractivity contribution < 1.29 is 24.5 Å². The van der Waals surface area contributed by atoms with Crippen molar-refractivity contribution >= 4 is 11.9 Å². The molecule has 2 N–H and O–H groups in total. The Morgan fingerprint density at radius 1 is 1.28 bits per heavy atom. The van der Waals surface area contributed by atoms with Crippen LogP contribution in [0.1, 0.15) is 35.9 Å². The molecule has 1 atom stereocenters. The molecule has 1 aromatic rings. The molecule has 0 heterocycles. The van der Waals surface area contributed by atoms with Gasteiger partial charge >= 0.3 is 11.9 Å². The fourth-order valence-corrected chi connectivity index (χ4v) is 1.37. The number of esters is 1. The van der Waals surface area contributed by atoms with Gasteiger partial charge in [-0.2, -0.15) is 0 Å². The fraction of sp³-hybridized carbons (Fsp3) is 0.385. The number of aliphatic carboxylic acids is 1. The van der Waals surface area contributed by atoms with Crippen molar-refractivity contribution in [3.63, 3.8) is 0 Å². The van der Waals surface area contributed by atoms with E-state index in [2.05, 4.69) is 0 Å². The van der Waals surface area contributed by atoms with Gasteiger partial charge < -0.3 is 14.9 Å². The monoisotopic (exact) mass is 252 g/mol. The number of ether oxygens (including phenoxy) is 1. The predicted molar refractivity (Wildman–Crippen MR) is 64.2 cm³/mol. The zero-order chi connectivity index (χ0) is 13.7. The van der Waals surface area contributed by atoms with E-state index >= 15 is 0 Å². The number of benzene rings is 1. The molecule has 0 saturated heterocycles. The summed E-state index contributed by atoms with van der Waals surface area (Å²) in [7, 11) is 0. The first-order chi connectivity index (χ1) is 8.43. The van der Waals surface area contributed by atoms with E-state index in [4.69, 9.17) is 9.84 Å². The van der Waals surface area contributed by atoms with Crippen molar-refractivity contribution in [2.45, 2.75) is 20.0 Å². The van der Waals surface area contributed by atoms with E-state index in [0.29, 0.717) is 0 Å². The summed E-state index contributed by atoms with van der Waals surface area (Å²) in [6, 6.07) is 5.97. The minimum Gasteiger partial charge on any atom is -0.479 e. The number of rotatable bonds is 5. The third kappa shape index (κ3) is 3.56. The lowest BCUT2D eigenvalue weighted by Crippen LogP contribution is -2.17. The predicted octanol–water partition coefficient (Wildman–Crippen LogP) is 1.62. The summed E-state index contributed by atoms with van der Waals surface area (Å²) < 4.78 is 5.02. The van der Waals surface area contributed by atoms with Gasteiger partial charge in [-0.1, -0.05) is 32.0 Å². The van der Waals surface area contributed by atoms with Crippen molar-refractivity contribution in [2.75, 3.05) is 6.61 Å². The number of carboxylic acids is 1. The highest BCUT2D eigenvalue weighted by Gasteiger charge is 2.23. The molecule has 0 radical (unpaired) electrons. The molecule has 0 saturated carbocycles. The van der Waals surface area contributed by atoms with Crippen molar-refractivity contribution in [1.29, 1.82) is 0 Å². The largest absolute Gasteiger partial charge is 0.479 e. The summed E-state index contributed by atoms with van der Waals surface area (Å²) in [5, 5.41) is 18.3. The number of carboxylic acid groups (broad SMARTS) is 1. The van der Waals surface area contributed by atoms with E-state index < -0.39 is 18.0 Å². The molecule has 1 aromatic carbocycles. The number of carbonyl (C=O) groups excluding carboxylic acids is 1. The van der Waals surface area contributed by atoms with Gasteiger partial charge in [0.15, 0.2) is 6.10 Å². The summed E-state index contributed by atoms with van der Waals surface area (Å²) in [4.78, 5) is 22.5. The zero-order valence-corrected chi connectivity index (χ0v) is 10.3. The van der Waals surface area contributed by atoms with Gasteiger partial charge in [0, 0.05) is 5.56 Å². The van der Waals surface area contributed by atoms with Gasteiger partial charge in [-0.3, -0.25) is 0 Å². The average molecular weight is 252 g/mol. The minimum atomic E-state index is -1.73. The summed E-state index contributed by atoms with van der Waals surface area (Å²) in [5.41, 5.74) is 0.117. The molecular weight excluding hydrogens is 236 g/mol. The Morgan fingerprint density at radius 2 is 1.89 bits per heavy atom. The number of carbonyl (C=O) groups is 2. The summed E-state index contributed by atoms with van der Waals surface area (Å²) >= 11 is 0. The van der Waals surface area contributed by atoms with Crippen LogP contribution in [0, 0.1) is 5.92 Å². The first kappa shape index (κ1) is 14.2. The van der Waals surface area contributed by atoms with Crippen molar-refractivity contribution in [2.24, 2.45) is 5.92 Å². The molecule has 0 fully saturated rings. The van der Waals surface area contributed by atoms with Gasteiger partial charge in [-0.05, 0) is 12.0 Å². The second-order valence-electron chi connectivity index (χ2n) is 4.32. The lowest BCUT2D eigenvalue weighted by molar-refractivity contribution is -0.146. The first-order valence-electron chi connectivity index (χ1n) is 5.60. The maximum absolute atomic E-state index is 11.8. The van der Waals surface area contributed by atoms with Crippen molar-refractivity contribution in [3.05, 3.63) is 35.4 Å². The van der Waals surface area contributed by atoms with E-state index in [0.717, 1.165) is 0 Å². The second-order valence-corrected chi connectivity index (χ2v) is 4.32. The van der Waals surface area contributed by atoms with Crippen molar-refractivity contribution in [3.8, 4) is 0 Å². The molecule has 0 aliphatic heterocycles. The molecule has 0 aliphatic rings. The number of aliphatic hydroxyl groups excluding tert-OH is 1. The Hall–Kier alpha value is -1.88. The highest BCUT2D eigenvalue weighted by molar-refractivity contribution is 5.93. The molecular formula is C13H16O5. The highest BCUT2D eigenvalue weighted by atomic mass is 16.5. The third-order valence-electron chi connectivity index (χ3n) is 2.26. The standard InChI is InChI=1S/C13H16O5/c1-8(2)7-18-13(17)10-6-4-3-5-9(10)11(14)12(15)16/h3-6,8,11,14H,7H2,1-2H3,(H,15,16). The van der Waals surface area contributed by atoms with Gasteiger partial charge in [0.1, 0.15) is 0 Å². The Balaban J connectivity index is 2.94. The third-order valence-corrected chi connectivity index (χ3v) is 2.26. The van der Waals surface area contributed by atoms with Crippen LogP contribution in [-0.2, 0) is 9.53 Å². The van der Waals surface area contributed by atoms with E-state index in [1.807, 2.05) is 13.8 Å². The molecule has 5 nitrogen and oxygen atoms in total. The van der Waals surface area contributed by atoms with Crippen LogP contribution in [0.2, 0.25) is 0 Å². The number of hydrogen-bond acceptors (Lipinski definition) is 4. The minimum absolute atomic E-state index is 0.0405. The van der Waals surface area contributed by atoms with Crippen LogP contribution in [0.5, 0.6) is 0 Å². The van der Waals surface area contributed by atoms with Crippen molar-refractivity contribution in [1.82, 2.24) is 0 Å². The number of hydrogen-bond donors (Lipinski definition) is 2. The summed E-state index contributed by atoms with van der Waals surface area (Å²) in [6.45, 7) is 4.03. The first-order valence-corrected chi connectivity index (χ1v) is 5.60. The molecule has 0 aliphatic carbocycles. The normalized spacial score (nSPS) is 12.2. The lowest BCUT2D eigenvalue weighted by Gasteiger charge is -2.12.